The van der Waals surface area contributed by atoms with Crippen molar-refractivity contribution in [2.75, 3.05) is 0 Å². The number of pyridine rings is 1. The van der Waals surface area contributed by atoms with Gasteiger partial charge in [0.05, 0.1) is 11.3 Å². The van der Waals surface area contributed by atoms with Crippen LogP contribution in [-0.4, -0.2) is 32.1 Å². The number of fused-ring (bicyclic) bond motifs is 1. The Morgan fingerprint density at radius 1 is 1.14 bits per heavy atom. The molecule has 4 aromatic rings. The molecule has 0 spiro atoms. The Bertz CT molecular complexity index is 1500. The first-order valence-electron chi connectivity index (χ1n) is 12.2. The first-order valence-corrected chi connectivity index (χ1v) is 12.2. The highest BCUT2D eigenvalue weighted by Gasteiger charge is 2.43. The summed E-state index contributed by atoms with van der Waals surface area (Å²) in [6, 6.07) is 5.46. The van der Waals surface area contributed by atoms with Crippen LogP contribution in [0.2, 0.25) is 0 Å². The van der Waals surface area contributed by atoms with Gasteiger partial charge < -0.3 is 18.9 Å². The summed E-state index contributed by atoms with van der Waals surface area (Å²) in [5.41, 5.74) is 3.13. The van der Waals surface area contributed by atoms with Crippen molar-refractivity contribution in [3.8, 4) is 28.0 Å². The number of ether oxygens (including phenoxy) is 1. The molecule has 0 unspecified atom stereocenters. The Hall–Kier alpha value is -3.82. The van der Waals surface area contributed by atoms with Gasteiger partial charge in [0.25, 0.3) is 0 Å². The summed E-state index contributed by atoms with van der Waals surface area (Å²) in [5, 5.41) is 14.2. The molecule has 2 saturated carbocycles. The Morgan fingerprint density at radius 2 is 1.84 bits per heavy atom. The van der Waals surface area contributed by atoms with Crippen molar-refractivity contribution in [3.63, 3.8) is 0 Å². The second-order valence-electron chi connectivity index (χ2n) is 9.97. The molecule has 2 fully saturated rings. The highest BCUT2D eigenvalue weighted by Crippen LogP contribution is 2.54. The molecule has 0 bridgehead atoms. The van der Waals surface area contributed by atoms with E-state index < -0.39 is 18.1 Å². The van der Waals surface area contributed by atoms with Gasteiger partial charge in [-0.2, -0.15) is 0 Å². The molecule has 3 heterocycles. The molecule has 1 N–H and O–H groups in total. The Labute approximate surface area is 209 Å². The molecule has 0 amide bonds. The maximum atomic E-state index is 13.3. The average molecular weight is 512 g/mol. The molecule has 3 aromatic heterocycles. The summed E-state index contributed by atoms with van der Waals surface area (Å²) >= 11 is 0. The minimum atomic E-state index is -4.94. The molecule has 0 aliphatic heterocycles. The van der Waals surface area contributed by atoms with E-state index in [1.54, 1.807) is 13.1 Å². The normalized spacial score (nSPS) is 16.1. The Balaban J connectivity index is 1.62. The predicted molar refractivity (Wildman–Crippen MR) is 128 cm³/mol. The monoisotopic (exact) mass is 511 g/mol. The fourth-order valence-corrected chi connectivity index (χ4v) is 5.41. The summed E-state index contributed by atoms with van der Waals surface area (Å²) in [7, 11) is 0. The molecule has 0 atom stereocenters. The van der Waals surface area contributed by atoms with Crippen LogP contribution < -0.4 is 4.74 Å². The van der Waals surface area contributed by atoms with Gasteiger partial charge in [-0.1, -0.05) is 5.16 Å². The van der Waals surface area contributed by atoms with Crippen molar-refractivity contribution in [2.45, 2.75) is 51.9 Å². The molecule has 7 nitrogen and oxygen atoms in total. The number of hydrogen-bond acceptors (Lipinski definition) is 5. The summed E-state index contributed by atoms with van der Waals surface area (Å²) in [6.45, 7) is 3.59. The number of benzene rings is 1. The lowest BCUT2D eigenvalue weighted by Gasteiger charge is -2.19. The number of hydrogen-bond donors (Lipinski definition) is 1. The van der Waals surface area contributed by atoms with E-state index in [1.165, 1.54) is 6.07 Å². The van der Waals surface area contributed by atoms with Gasteiger partial charge in [0.15, 0.2) is 0 Å². The van der Waals surface area contributed by atoms with E-state index in [0.29, 0.717) is 45.5 Å². The van der Waals surface area contributed by atoms with Gasteiger partial charge in [-0.15, -0.1) is 13.2 Å². The maximum absolute atomic E-state index is 13.3. The molecule has 0 saturated heterocycles. The molecule has 192 valence electrons. The lowest BCUT2D eigenvalue weighted by molar-refractivity contribution is -0.274. The molecule has 2 aliphatic rings. The third-order valence-corrected chi connectivity index (χ3v) is 7.27. The minimum absolute atomic E-state index is 0.0454. The van der Waals surface area contributed by atoms with E-state index in [-0.39, 0.29) is 17.2 Å². The van der Waals surface area contributed by atoms with Crippen LogP contribution in [0, 0.1) is 25.7 Å². The molecule has 37 heavy (non-hydrogen) atoms. The number of aryl methyl sites for hydroxylation is 2. The molecule has 1 aromatic carbocycles. The number of carboxylic acids is 1. The fraction of sp³-hybridized carbons (Fsp3) is 0.370. The van der Waals surface area contributed by atoms with Crippen molar-refractivity contribution < 1.29 is 32.3 Å². The first-order chi connectivity index (χ1) is 17.6. The zero-order chi connectivity index (χ0) is 26.1. The molecule has 10 heteroatoms. The minimum Gasteiger partial charge on any atom is -0.478 e. The van der Waals surface area contributed by atoms with Crippen molar-refractivity contribution in [2.24, 2.45) is 11.8 Å². The molecular weight excluding hydrogens is 487 g/mol. The number of rotatable bonds is 7. The number of aromatic carboxylic acids is 1. The van der Waals surface area contributed by atoms with Gasteiger partial charge in [-0.05, 0) is 75.6 Å². The van der Waals surface area contributed by atoms with Crippen molar-refractivity contribution in [1.82, 2.24) is 14.7 Å². The maximum Gasteiger partial charge on any atom is 0.573 e. The van der Waals surface area contributed by atoms with Crippen LogP contribution in [-0.2, 0) is 0 Å². The Kier molecular flexibility index (Phi) is 5.32. The number of aromatic nitrogens is 3. The second kappa shape index (κ2) is 8.36. The van der Waals surface area contributed by atoms with Crippen molar-refractivity contribution >= 4 is 17.0 Å². The van der Waals surface area contributed by atoms with E-state index in [2.05, 4.69) is 14.5 Å². The molecule has 0 radical (unpaired) electrons. The standard InChI is InChI=1S/C27H24F3N3O4/c1-13-23(14(2)37-32-13)18-10-20-21(19-9-17(26(34)35)7-8-22(19)36-27(28,29)30)12-33(25(20)31-11-18)24(15-3-4-15)16-5-6-16/h7-12,15-16,24H,3-6H2,1-2H3,(H,34,35). The zero-order valence-corrected chi connectivity index (χ0v) is 20.2. The van der Waals surface area contributed by atoms with Gasteiger partial charge in [0, 0.05) is 46.1 Å². The number of halogens is 3. The number of nitrogens with zero attached hydrogens (tertiary/aromatic N) is 3. The molecular formula is C27H24F3N3O4. The quantitative estimate of drug-likeness (QED) is 0.289. The largest absolute Gasteiger partial charge is 0.573 e. The molecule has 6 rings (SSSR count). The summed E-state index contributed by atoms with van der Waals surface area (Å²) in [4.78, 5) is 16.5. The van der Waals surface area contributed by atoms with Crippen LogP contribution in [0.3, 0.4) is 0 Å². The van der Waals surface area contributed by atoms with Gasteiger partial charge in [0.2, 0.25) is 0 Å². The zero-order valence-electron chi connectivity index (χ0n) is 20.2. The third-order valence-electron chi connectivity index (χ3n) is 7.27. The van der Waals surface area contributed by atoms with Gasteiger partial charge in [-0.3, -0.25) is 0 Å². The fourth-order valence-electron chi connectivity index (χ4n) is 5.41. The SMILES string of the molecule is Cc1noc(C)c1-c1cnc2c(c1)c(-c1cc(C(=O)O)ccc1OC(F)(F)F)cn2C(C1CC1)C1CC1. The van der Waals surface area contributed by atoms with Gasteiger partial charge in [0.1, 0.15) is 17.2 Å². The lowest BCUT2D eigenvalue weighted by Crippen LogP contribution is -2.17. The van der Waals surface area contributed by atoms with E-state index in [9.17, 15) is 23.1 Å². The lowest BCUT2D eigenvalue weighted by atomic mass is 9.99. The van der Waals surface area contributed by atoms with Gasteiger partial charge in [-0.25, -0.2) is 9.78 Å². The van der Waals surface area contributed by atoms with Gasteiger partial charge >= 0.3 is 12.3 Å². The average Bonchev–Trinajstić information content (AvgIpc) is 3.76. The van der Waals surface area contributed by atoms with E-state index in [0.717, 1.165) is 43.4 Å². The summed E-state index contributed by atoms with van der Waals surface area (Å²) in [6.07, 6.45) is 3.01. The van der Waals surface area contributed by atoms with Crippen LogP contribution in [0.1, 0.15) is 53.5 Å². The second-order valence-corrected chi connectivity index (χ2v) is 9.97. The topological polar surface area (TPSA) is 90.4 Å². The van der Waals surface area contributed by atoms with E-state index in [1.807, 2.05) is 19.2 Å². The number of carboxylic acid groups (broad SMARTS) is 1. The highest BCUT2D eigenvalue weighted by atomic mass is 19.4. The van der Waals surface area contributed by atoms with Crippen molar-refractivity contribution in [3.05, 3.63) is 53.7 Å². The van der Waals surface area contributed by atoms with Crippen LogP contribution in [0.15, 0.2) is 41.2 Å². The third kappa shape index (κ3) is 4.34. The number of alkyl halides is 3. The number of carbonyl (C=O) groups is 1. The summed E-state index contributed by atoms with van der Waals surface area (Å²) in [5.74, 6) is -0.115. The predicted octanol–water partition coefficient (Wildman–Crippen LogP) is 6.93. The highest BCUT2D eigenvalue weighted by molar-refractivity contribution is 6.00. The van der Waals surface area contributed by atoms with Crippen molar-refractivity contribution in [1.29, 1.82) is 0 Å². The first kappa shape index (κ1) is 23.6. The summed E-state index contributed by atoms with van der Waals surface area (Å²) < 4.78 is 51.8. The van der Waals surface area contributed by atoms with Crippen LogP contribution in [0.25, 0.3) is 33.3 Å². The van der Waals surface area contributed by atoms with E-state index in [4.69, 9.17) is 9.51 Å². The smallest absolute Gasteiger partial charge is 0.478 e. The van der Waals surface area contributed by atoms with Crippen LogP contribution in [0.5, 0.6) is 5.75 Å². The Morgan fingerprint density at radius 3 is 2.41 bits per heavy atom. The van der Waals surface area contributed by atoms with Crippen LogP contribution in [0.4, 0.5) is 13.2 Å². The van der Waals surface area contributed by atoms with E-state index >= 15 is 0 Å². The van der Waals surface area contributed by atoms with Crippen LogP contribution >= 0.6 is 0 Å². The molecule has 2 aliphatic carbocycles.